The molecule has 25 heteroatoms. The Morgan fingerprint density at radius 1 is 0.452 bits per heavy atom. The van der Waals surface area contributed by atoms with Gasteiger partial charge in [-0.25, -0.2) is 0 Å². The second kappa shape index (κ2) is 37.0. The van der Waals surface area contributed by atoms with Gasteiger partial charge in [0.2, 0.25) is 65.0 Å². The summed E-state index contributed by atoms with van der Waals surface area (Å²) in [5.41, 5.74) is 0. The van der Waals surface area contributed by atoms with Crippen molar-refractivity contribution in [2.24, 2.45) is 41.4 Å². The Hall–Kier alpha value is -5.69. The van der Waals surface area contributed by atoms with Gasteiger partial charge in [0.1, 0.15) is 66.5 Å². The molecule has 5 N–H and O–H groups in total. The van der Waals surface area contributed by atoms with Gasteiger partial charge < -0.3 is 65.1 Å². The lowest BCUT2D eigenvalue weighted by atomic mass is 9.90. The van der Waals surface area contributed by atoms with Crippen molar-refractivity contribution in [2.75, 3.05) is 55.9 Å². The van der Waals surface area contributed by atoms with Gasteiger partial charge in [-0.2, -0.15) is 0 Å². The number of rotatable bonds is 18. The molecule has 0 aromatic carbocycles. The van der Waals surface area contributed by atoms with E-state index < -0.39 is 169 Å². The number of carbonyl (C=O) groups is 11. The summed E-state index contributed by atoms with van der Waals surface area (Å²) in [6, 6.07) is -13.4. The topological polar surface area (TPSA) is 288 Å². The highest BCUT2D eigenvalue weighted by atomic mass is 28.4. The number of nitrogens with one attached hydrogen (secondary N) is 4. The fourth-order valence-electron chi connectivity index (χ4n) is 11.7. The van der Waals surface area contributed by atoms with Crippen molar-refractivity contribution in [3.8, 4) is 0 Å². The molecule has 1 saturated heterocycles. The van der Waals surface area contributed by atoms with Gasteiger partial charge in [-0.3, -0.25) is 52.7 Å². The molecule has 1 rings (SSSR count). The van der Waals surface area contributed by atoms with Gasteiger partial charge in [-0.05, 0) is 125 Å². The van der Waals surface area contributed by atoms with E-state index in [1.54, 1.807) is 34.6 Å². The summed E-state index contributed by atoms with van der Waals surface area (Å²) in [5, 5.41) is 21.0. The van der Waals surface area contributed by atoms with Crippen LogP contribution < -0.4 is 21.3 Å². The average molecular weight is 1330 g/mol. The van der Waals surface area contributed by atoms with Gasteiger partial charge in [0.05, 0.1) is 6.10 Å². The number of likely N-dealkylation sites (N-methyl/N-ethyl adjacent to an activating group) is 7. The van der Waals surface area contributed by atoms with Gasteiger partial charge in [-0.15, -0.1) is 0 Å². The minimum Gasteiger partial charge on any atom is -0.411 e. The zero-order chi connectivity index (χ0) is 72.6. The molecule has 1 aliphatic heterocycles. The first-order valence-electron chi connectivity index (χ1n) is 33.9. The van der Waals surface area contributed by atoms with Crippen molar-refractivity contribution >= 4 is 73.3 Å². The van der Waals surface area contributed by atoms with Crippen LogP contribution in [-0.4, -0.2) is 241 Å². The van der Waals surface area contributed by atoms with E-state index in [-0.39, 0.29) is 62.4 Å². The van der Waals surface area contributed by atoms with Gasteiger partial charge in [-0.1, -0.05) is 118 Å². The smallest absolute Gasteiger partial charge is 0.246 e. The zero-order valence-electron chi connectivity index (χ0n) is 62.6. The summed E-state index contributed by atoms with van der Waals surface area (Å²) in [6.45, 7) is 40.0. The van der Waals surface area contributed by atoms with E-state index in [4.69, 9.17) is 4.43 Å². The van der Waals surface area contributed by atoms with E-state index in [2.05, 4.69) is 21.3 Å². The van der Waals surface area contributed by atoms with Crippen LogP contribution in [0.5, 0.6) is 0 Å². The Labute approximate surface area is 560 Å². The zero-order valence-corrected chi connectivity index (χ0v) is 63.6. The molecule has 0 bridgehead atoms. The fraction of sp³-hybridized carbons (Fsp3) is 0.838. The Kier molecular flexibility index (Phi) is 33.9. The predicted octanol–water partition coefficient (Wildman–Crippen LogP) is 5.49. The molecule has 0 aromatic rings. The lowest BCUT2D eigenvalue weighted by molar-refractivity contribution is -0.157. The van der Waals surface area contributed by atoms with Crippen LogP contribution in [0.3, 0.4) is 0 Å². The molecule has 0 aliphatic carbocycles. The molecule has 1 aliphatic rings. The highest BCUT2D eigenvalue weighted by Crippen LogP contribution is 2.40. The summed E-state index contributed by atoms with van der Waals surface area (Å²) in [7, 11) is 7.36. The third-order valence-corrected chi connectivity index (χ3v) is 23.3. The molecule has 1 heterocycles. The number of carbonyl (C=O) groups excluding carboxylic acids is 11. The lowest BCUT2D eigenvalue weighted by Gasteiger charge is -2.46. The number of hydrogen-bond donors (Lipinski definition) is 5. The van der Waals surface area contributed by atoms with E-state index in [0.29, 0.717) is 12.8 Å². The predicted molar refractivity (Wildman–Crippen MR) is 366 cm³/mol. The van der Waals surface area contributed by atoms with Crippen LogP contribution >= 0.6 is 0 Å². The molecular formula is C68H127N11O13Si. The second-order valence-corrected chi connectivity index (χ2v) is 35.1. The van der Waals surface area contributed by atoms with Crippen LogP contribution in [0.4, 0.5) is 0 Å². The van der Waals surface area contributed by atoms with Crippen LogP contribution in [0.25, 0.3) is 0 Å². The molecule has 0 spiro atoms. The maximum atomic E-state index is 15.8. The highest BCUT2D eigenvalue weighted by Gasteiger charge is 2.49. The summed E-state index contributed by atoms with van der Waals surface area (Å²) in [4.78, 5) is 173. The second-order valence-electron chi connectivity index (χ2n) is 30.4. The van der Waals surface area contributed by atoms with Gasteiger partial charge in [0.25, 0.3) is 0 Å². The first-order chi connectivity index (χ1) is 42.6. The van der Waals surface area contributed by atoms with Crippen molar-refractivity contribution < 1.29 is 62.3 Å². The number of aliphatic hydroxyl groups is 1. The van der Waals surface area contributed by atoms with Gasteiger partial charge >= 0.3 is 0 Å². The van der Waals surface area contributed by atoms with Crippen molar-refractivity contribution in [2.45, 2.75) is 274 Å². The molecule has 0 aromatic heterocycles. The number of amides is 11. The van der Waals surface area contributed by atoms with E-state index >= 15 is 19.2 Å². The van der Waals surface area contributed by atoms with Crippen molar-refractivity contribution in [1.29, 1.82) is 0 Å². The monoisotopic (exact) mass is 1330 g/mol. The minimum atomic E-state index is -2.85. The SMILES string of the molecule is CC[C@H]1NC(=O)[C@@H]([C@H](O[Si](C)(C)C(C)(C)C)[C@H](C)CCCO)N(C)C(=O)[C@@H](C(C)C)N(C)C(=O)[C@@H](CC(C)C)N(C)C(=O)[C@@H](CC(C)C)N(C)C(=O)[C@H](C)NC(=O)[C@@H](C)NC(=O)[C@@H](CC(C)C)N(C)C(=O)[C@@H](C(C)C)NC(=O)[C@H](CC(C)C)N(C)C(=O)[C@@H](C)N(C)C1=O. The van der Waals surface area contributed by atoms with Crippen LogP contribution in [0.2, 0.25) is 18.1 Å². The molecule has 1 fully saturated rings. The quantitative estimate of drug-likeness (QED) is 0.106. The summed E-state index contributed by atoms with van der Waals surface area (Å²) in [5.74, 6) is -9.33. The largest absolute Gasteiger partial charge is 0.411 e. The molecule has 536 valence electrons. The highest BCUT2D eigenvalue weighted by molar-refractivity contribution is 6.74. The van der Waals surface area contributed by atoms with Crippen LogP contribution in [0.1, 0.15) is 183 Å². The summed E-state index contributed by atoms with van der Waals surface area (Å²) < 4.78 is 7.23. The third kappa shape index (κ3) is 23.3. The van der Waals surface area contributed by atoms with Crippen molar-refractivity contribution in [3.05, 3.63) is 0 Å². The minimum absolute atomic E-state index is 0.0331. The third-order valence-electron chi connectivity index (χ3n) is 18.8. The van der Waals surface area contributed by atoms with Gasteiger partial charge in [0, 0.05) is 55.9 Å². The summed E-state index contributed by atoms with van der Waals surface area (Å²) in [6.07, 6.45) is 0.327. The Balaban J connectivity index is 4.60. The number of hydrogen-bond acceptors (Lipinski definition) is 13. The van der Waals surface area contributed by atoms with Crippen molar-refractivity contribution in [3.63, 3.8) is 0 Å². The molecule has 11 amide bonds. The first kappa shape index (κ1) is 85.3. The van der Waals surface area contributed by atoms with E-state index in [0.717, 1.165) is 0 Å². The standard InChI is InChI=1S/C68H127N11O13Si/c1-30-48-63(87)73(21)47(17)62(86)74(22)50(35-39(4)5)59(83)72-53(42(10)11)66(90)75(23)49(34-38(2)3)58(82)69-45(15)57(81)70-46(16)61(85)76(24)51(36-40(6)7)64(88)77(25)52(37-41(8)9)65(89)78(26)54(43(12)13)67(91)79(27)55(60(84)71-48)56(44(14)32-31-33-80)92-93(28,29)68(18,19)20/h38-56,80H,30-37H2,1-29H3,(H,69,82)(H,70,81)(H,71,84)(H,72,83)/t44-,45-,46+,47-,48-,49-,50+,51-,52-,53-,54-,55-,56-/m1/s1. The molecule has 0 unspecified atom stereocenters. The van der Waals surface area contributed by atoms with E-state index in [1.165, 1.54) is 104 Å². The molecule has 93 heavy (non-hydrogen) atoms. The van der Waals surface area contributed by atoms with E-state index in [1.807, 2.05) is 96.2 Å². The molecular weight excluding hydrogens is 1210 g/mol. The normalized spacial score (nSPS) is 26.7. The van der Waals surface area contributed by atoms with Crippen LogP contribution in [-0.2, 0) is 57.2 Å². The van der Waals surface area contributed by atoms with Crippen molar-refractivity contribution in [1.82, 2.24) is 55.6 Å². The average Bonchev–Trinajstić information content (AvgIpc) is 0.805. The first-order valence-corrected chi connectivity index (χ1v) is 36.9. The lowest BCUT2D eigenvalue weighted by Crippen LogP contribution is -2.65. The van der Waals surface area contributed by atoms with E-state index in [9.17, 15) is 38.7 Å². The summed E-state index contributed by atoms with van der Waals surface area (Å²) >= 11 is 0. The Morgan fingerprint density at radius 3 is 1.27 bits per heavy atom. The Bertz CT molecular complexity index is 2540. The van der Waals surface area contributed by atoms with Crippen LogP contribution in [0.15, 0.2) is 0 Å². The molecule has 0 radical (unpaired) electrons. The number of nitrogens with zero attached hydrogens (tertiary/aromatic N) is 7. The molecule has 0 saturated carbocycles. The van der Waals surface area contributed by atoms with Gasteiger partial charge in [0.15, 0.2) is 8.32 Å². The maximum Gasteiger partial charge on any atom is 0.246 e. The molecule has 13 atom stereocenters. The number of aliphatic hydroxyl groups excluding tert-OH is 1. The van der Waals surface area contributed by atoms with Crippen LogP contribution in [0, 0.1) is 41.4 Å². The Morgan fingerprint density at radius 2 is 0.849 bits per heavy atom. The maximum absolute atomic E-state index is 15.8. The molecule has 24 nitrogen and oxygen atoms in total. The fourth-order valence-corrected chi connectivity index (χ4v) is 13.1.